The van der Waals surface area contributed by atoms with Gasteiger partial charge >= 0.3 is 0 Å². The lowest BCUT2D eigenvalue weighted by Gasteiger charge is -2.25. The average Bonchev–Trinajstić information content (AvgIpc) is 3.13. The quantitative estimate of drug-likeness (QED) is 0.343. The first kappa shape index (κ1) is 20.8. The van der Waals surface area contributed by atoms with Crippen molar-refractivity contribution < 1.29 is 9.53 Å². The average molecular weight is 399 g/mol. The van der Waals surface area contributed by atoms with E-state index in [2.05, 4.69) is 31.0 Å². The summed E-state index contributed by atoms with van der Waals surface area (Å²) >= 11 is 0. The molecule has 1 aromatic heterocycles. The molecule has 9 nitrogen and oxygen atoms in total. The summed E-state index contributed by atoms with van der Waals surface area (Å²) < 4.78 is 7.06. The predicted octanol–water partition coefficient (Wildman–Crippen LogP) is 0.724. The molecule has 1 unspecified atom stereocenters. The van der Waals surface area contributed by atoms with Crippen molar-refractivity contribution in [2.45, 2.75) is 39.0 Å². The van der Waals surface area contributed by atoms with E-state index < -0.39 is 0 Å². The van der Waals surface area contributed by atoms with Gasteiger partial charge in [-0.15, -0.1) is 0 Å². The van der Waals surface area contributed by atoms with Gasteiger partial charge in [0.2, 0.25) is 0 Å². The molecule has 0 saturated carbocycles. The molecule has 1 aliphatic rings. The van der Waals surface area contributed by atoms with Gasteiger partial charge in [-0.3, -0.25) is 9.79 Å². The van der Waals surface area contributed by atoms with Crippen molar-refractivity contribution in [3.05, 3.63) is 47.5 Å². The zero-order chi connectivity index (χ0) is 20.5. The maximum absolute atomic E-state index is 12.1. The molecule has 0 spiro atoms. The third-order valence-corrected chi connectivity index (χ3v) is 4.56. The van der Waals surface area contributed by atoms with Crippen LogP contribution in [-0.2, 0) is 24.3 Å². The Morgan fingerprint density at radius 3 is 2.90 bits per heavy atom. The number of aromatic nitrogens is 3. The van der Waals surface area contributed by atoms with Gasteiger partial charge in [-0.25, -0.2) is 9.67 Å². The highest BCUT2D eigenvalue weighted by atomic mass is 16.5. The fraction of sp³-hybridized carbons (Fsp3) is 0.500. The van der Waals surface area contributed by atoms with Crippen molar-refractivity contribution in [2.75, 3.05) is 26.7 Å². The summed E-state index contributed by atoms with van der Waals surface area (Å²) in [6.45, 7) is 4.93. The van der Waals surface area contributed by atoms with E-state index >= 15 is 0 Å². The van der Waals surface area contributed by atoms with Crippen molar-refractivity contribution in [3.8, 4) is 0 Å². The van der Waals surface area contributed by atoms with Crippen LogP contribution in [0.3, 0.4) is 0 Å². The summed E-state index contributed by atoms with van der Waals surface area (Å²) in [5, 5.41) is 14.1. The number of carbonyl (C=O) groups is 1. The normalized spacial score (nSPS) is 16.2. The monoisotopic (exact) mass is 399 g/mol. The number of aryl methyl sites for hydroxylation is 1. The number of benzene rings is 1. The number of aliphatic imine (C=N–C) groups is 1. The first-order valence-corrected chi connectivity index (χ1v) is 9.99. The zero-order valence-corrected chi connectivity index (χ0v) is 17.0. The van der Waals surface area contributed by atoms with E-state index in [1.54, 1.807) is 19.2 Å². The van der Waals surface area contributed by atoms with E-state index in [9.17, 15) is 4.79 Å². The van der Waals surface area contributed by atoms with Crippen molar-refractivity contribution in [1.29, 1.82) is 0 Å². The maximum Gasteiger partial charge on any atom is 0.251 e. The van der Waals surface area contributed by atoms with Gasteiger partial charge in [0, 0.05) is 38.2 Å². The van der Waals surface area contributed by atoms with Crippen LogP contribution >= 0.6 is 0 Å². The van der Waals surface area contributed by atoms with Gasteiger partial charge in [-0.05, 0) is 25.5 Å². The molecular weight excluding hydrogens is 370 g/mol. The molecule has 1 aliphatic heterocycles. The van der Waals surface area contributed by atoms with Crippen molar-refractivity contribution in [3.63, 3.8) is 0 Å². The molecule has 2 aromatic rings. The second-order valence-electron chi connectivity index (χ2n) is 6.82. The summed E-state index contributed by atoms with van der Waals surface area (Å²) in [5.74, 6) is 2.38. The fourth-order valence-electron chi connectivity index (χ4n) is 3.21. The first-order chi connectivity index (χ1) is 14.2. The Bertz CT molecular complexity index is 819. The van der Waals surface area contributed by atoms with Gasteiger partial charge in [0.1, 0.15) is 12.4 Å². The molecule has 0 fully saturated rings. The van der Waals surface area contributed by atoms with Crippen LogP contribution in [0.15, 0.2) is 35.3 Å². The van der Waals surface area contributed by atoms with Crippen LogP contribution in [0.2, 0.25) is 0 Å². The molecule has 3 rings (SSSR count). The molecule has 0 radical (unpaired) electrons. The van der Waals surface area contributed by atoms with Crippen molar-refractivity contribution in [2.24, 2.45) is 4.99 Å². The molecule has 1 aromatic carbocycles. The predicted molar refractivity (Wildman–Crippen MR) is 111 cm³/mol. The number of nitrogens with zero attached hydrogens (tertiary/aromatic N) is 4. The van der Waals surface area contributed by atoms with Crippen LogP contribution < -0.4 is 16.0 Å². The Labute approximate surface area is 171 Å². The maximum atomic E-state index is 12.1. The number of carbonyl (C=O) groups excluding carboxylic acids is 1. The Morgan fingerprint density at radius 2 is 2.14 bits per heavy atom. The SMILES string of the molecule is CCNC(=NCCNC(=O)c1ccccc1)NC1CCc2nc(COC)nn2C1. The fourth-order valence-corrected chi connectivity index (χ4v) is 3.21. The van der Waals surface area contributed by atoms with Crippen LogP contribution in [0.5, 0.6) is 0 Å². The molecule has 1 amide bonds. The molecule has 3 N–H and O–H groups in total. The smallest absolute Gasteiger partial charge is 0.251 e. The summed E-state index contributed by atoms with van der Waals surface area (Å²) in [4.78, 5) is 21.2. The number of amides is 1. The summed E-state index contributed by atoms with van der Waals surface area (Å²) in [5.41, 5.74) is 0.653. The number of methoxy groups -OCH3 is 1. The van der Waals surface area contributed by atoms with E-state index in [1.165, 1.54) is 0 Å². The van der Waals surface area contributed by atoms with Crippen LogP contribution in [0.4, 0.5) is 0 Å². The third kappa shape index (κ3) is 6.02. The van der Waals surface area contributed by atoms with Gasteiger partial charge in [0.25, 0.3) is 5.91 Å². The molecule has 2 heterocycles. The lowest BCUT2D eigenvalue weighted by atomic mass is 10.1. The second-order valence-corrected chi connectivity index (χ2v) is 6.82. The number of hydrogen-bond acceptors (Lipinski definition) is 5. The third-order valence-electron chi connectivity index (χ3n) is 4.56. The number of ether oxygens (including phenoxy) is 1. The van der Waals surface area contributed by atoms with Gasteiger partial charge in [-0.1, -0.05) is 18.2 Å². The van der Waals surface area contributed by atoms with Crippen molar-refractivity contribution >= 4 is 11.9 Å². The van der Waals surface area contributed by atoms with Gasteiger partial charge in [-0.2, -0.15) is 5.10 Å². The number of hydrogen-bond donors (Lipinski definition) is 3. The second kappa shape index (κ2) is 10.6. The zero-order valence-electron chi connectivity index (χ0n) is 17.0. The lowest BCUT2D eigenvalue weighted by molar-refractivity contribution is 0.0955. The van der Waals surface area contributed by atoms with E-state index in [4.69, 9.17) is 4.74 Å². The molecule has 29 heavy (non-hydrogen) atoms. The Kier molecular flexibility index (Phi) is 7.57. The molecule has 0 saturated heterocycles. The van der Waals surface area contributed by atoms with Gasteiger partial charge in [0.05, 0.1) is 13.1 Å². The number of guanidine groups is 1. The molecule has 156 valence electrons. The summed E-state index contributed by atoms with van der Waals surface area (Å²) in [7, 11) is 1.64. The van der Waals surface area contributed by atoms with Crippen molar-refractivity contribution in [1.82, 2.24) is 30.7 Å². The topological polar surface area (TPSA) is 105 Å². The van der Waals surface area contributed by atoms with Crippen LogP contribution in [0.1, 0.15) is 35.4 Å². The minimum Gasteiger partial charge on any atom is -0.377 e. The number of rotatable bonds is 8. The number of fused-ring (bicyclic) bond motifs is 1. The van der Waals surface area contributed by atoms with E-state index in [0.717, 1.165) is 43.5 Å². The Morgan fingerprint density at radius 1 is 1.31 bits per heavy atom. The van der Waals surface area contributed by atoms with E-state index in [-0.39, 0.29) is 11.9 Å². The molecular formula is C20H29N7O2. The highest BCUT2D eigenvalue weighted by Crippen LogP contribution is 2.13. The number of nitrogens with one attached hydrogen (secondary N) is 3. The minimum absolute atomic E-state index is 0.0865. The standard InChI is InChI=1S/C20H29N7O2/c1-3-21-20(23-12-11-22-19(28)15-7-5-4-6-8-15)24-16-9-10-18-25-17(14-29-2)26-27(18)13-16/h4-8,16H,3,9-14H2,1-2H3,(H,22,28)(H2,21,23,24). The highest BCUT2D eigenvalue weighted by Gasteiger charge is 2.22. The highest BCUT2D eigenvalue weighted by molar-refractivity contribution is 5.94. The lowest BCUT2D eigenvalue weighted by Crippen LogP contribution is -2.47. The van der Waals surface area contributed by atoms with Crippen LogP contribution in [-0.4, -0.2) is 59.4 Å². The molecule has 9 heteroatoms. The molecule has 1 atom stereocenters. The van der Waals surface area contributed by atoms with E-state index in [0.29, 0.717) is 25.3 Å². The largest absolute Gasteiger partial charge is 0.377 e. The Balaban J connectivity index is 1.49. The van der Waals surface area contributed by atoms with Gasteiger partial charge < -0.3 is 20.7 Å². The summed E-state index contributed by atoms with van der Waals surface area (Å²) in [6.07, 6.45) is 1.82. The van der Waals surface area contributed by atoms with E-state index in [1.807, 2.05) is 29.8 Å². The Hall–Kier alpha value is -2.94. The molecule has 0 aliphatic carbocycles. The molecule has 0 bridgehead atoms. The first-order valence-electron chi connectivity index (χ1n) is 9.99. The minimum atomic E-state index is -0.0865. The van der Waals surface area contributed by atoms with Crippen LogP contribution in [0, 0.1) is 0 Å². The van der Waals surface area contributed by atoms with Crippen LogP contribution in [0.25, 0.3) is 0 Å². The summed E-state index contributed by atoms with van der Waals surface area (Å²) in [6, 6.07) is 9.40. The van der Waals surface area contributed by atoms with Gasteiger partial charge in [0.15, 0.2) is 11.8 Å².